The van der Waals surface area contributed by atoms with Crippen molar-refractivity contribution < 1.29 is 28.0 Å². The molecule has 0 spiro atoms. The molecular formula is C22H25F2N3O5. The number of carbonyl (C=O) groups is 1. The molecule has 0 aromatic heterocycles. The van der Waals surface area contributed by atoms with Gasteiger partial charge in [-0.2, -0.15) is 8.78 Å². The summed E-state index contributed by atoms with van der Waals surface area (Å²) >= 11 is 0. The van der Waals surface area contributed by atoms with Crippen LogP contribution in [0.4, 0.5) is 14.5 Å². The van der Waals surface area contributed by atoms with Crippen LogP contribution in [0.1, 0.15) is 17.5 Å². The summed E-state index contributed by atoms with van der Waals surface area (Å²) in [5, 5.41) is 14.0. The lowest BCUT2D eigenvalue weighted by atomic mass is 10.1. The van der Waals surface area contributed by atoms with E-state index in [0.29, 0.717) is 6.54 Å². The smallest absolute Gasteiger partial charge is 0.387 e. The number of methoxy groups -OCH3 is 1. The SMILES string of the molecule is COc1cc(C=CC(=O)NCCCN(C)Cc2ccccc2)c([N+](=O)[O-])cc1OC(F)F. The predicted octanol–water partition coefficient (Wildman–Crippen LogP) is 3.86. The van der Waals surface area contributed by atoms with Gasteiger partial charge in [0, 0.05) is 19.2 Å². The highest BCUT2D eigenvalue weighted by Gasteiger charge is 2.20. The van der Waals surface area contributed by atoms with Crippen LogP contribution >= 0.6 is 0 Å². The second kappa shape index (κ2) is 12.4. The second-order valence-corrected chi connectivity index (χ2v) is 6.90. The van der Waals surface area contributed by atoms with Crippen molar-refractivity contribution in [2.45, 2.75) is 19.6 Å². The largest absolute Gasteiger partial charge is 0.493 e. The van der Waals surface area contributed by atoms with Crippen LogP contribution in [0, 0.1) is 10.1 Å². The molecule has 2 aromatic rings. The molecule has 0 aliphatic heterocycles. The van der Waals surface area contributed by atoms with Crippen molar-refractivity contribution in [1.82, 2.24) is 10.2 Å². The number of amides is 1. The Hall–Kier alpha value is -3.53. The lowest BCUT2D eigenvalue weighted by Gasteiger charge is -2.16. The van der Waals surface area contributed by atoms with Crippen LogP contribution in [-0.2, 0) is 11.3 Å². The number of nitro groups is 1. The molecule has 0 bridgehead atoms. The molecular weight excluding hydrogens is 424 g/mol. The third-order valence-electron chi connectivity index (χ3n) is 4.45. The average molecular weight is 449 g/mol. The summed E-state index contributed by atoms with van der Waals surface area (Å²) < 4.78 is 34.2. The van der Waals surface area contributed by atoms with Gasteiger partial charge in [-0.05, 0) is 37.7 Å². The van der Waals surface area contributed by atoms with Gasteiger partial charge in [0.25, 0.3) is 5.69 Å². The zero-order valence-electron chi connectivity index (χ0n) is 17.8. The standard InChI is InChI=1S/C22H25F2N3O5/c1-26(15-16-7-4-3-5-8-16)12-6-11-25-21(28)10-9-17-13-19(31-2)20(32-22(23)24)14-18(17)27(29)30/h3-5,7-10,13-14,22H,6,11-12,15H2,1-2H3,(H,25,28). The summed E-state index contributed by atoms with van der Waals surface area (Å²) in [5.74, 6) is -1.01. The highest BCUT2D eigenvalue weighted by atomic mass is 19.3. The van der Waals surface area contributed by atoms with E-state index in [9.17, 15) is 23.7 Å². The molecule has 0 radical (unpaired) electrons. The number of nitrogens with one attached hydrogen (secondary N) is 1. The highest BCUT2D eigenvalue weighted by Crippen LogP contribution is 2.36. The Balaban J connectivity index is 1.91. The zero-order chi connectivity index (χ0) is 23.5. The minimum atomic E-state index is -3.16. The number of benzene rings is 2. The van der Waals surface area contributed by atoms with E-state index in [2.05, 4.69) is 15.0 Å². The van der Waals surface area contributed by atoms with E-state index in [1.54, 1.807) is 0 Å². The third kappa shape index (κ3) is 7.95. The minimum absolute atomic E-state index is 0.0196. The van der Waals surface area contributed by atoms with Crippen LogP contribution in [0.3, 0.4) is 0 Å². The van der Waals surface area contributed by atoms with E-state index in [1.165, 1.54) is 18.7 Å². The molecule has 0 fully saturated rings. The van der Waals surface area contributed by atoms with Gasteiger partial charge in [-0.1, -0.05) is 30.3 Å². The van der Waals surface area contributed by atoms with E-state index < -0.39 is 28.9 Å². The quantitative estimate of drug-likeness (QED) is 0.229. The highest BCUT2D eigenvalue weighted by molar-refractivity contribution is 5.92. The Labute approximate surface area is 184 Å². The third-order valence-corrected chi connectivity index (χ3v) is 4.45. The molecule has 32 heavy (non-hydrogen) atoms. The van der Waals surface area contributed by atoms with Crippen LogP contribution in [0.2, 0.25) is 0 Å². The molecule has 10 heteroatoms. The summed E-state index contributed by atoms with van der Waals surface area (Å²) in [6, 6.07) is 12.0. The molecule has 0 atom stereocenters. The minimum Gasteiger partial charge on any atom is -0.493 e. The van der Waals surface area contributed by atoms with Gasteiger partial charge in [0.15, 0.2) is 11.5 Å². The molecule has 0 unspecified atom stereocenters. The first-order valence-electron chi connectivity index (χ1n) is 9.79. The van der Waals surface area contributed by atoms with Gasteiger partial charge in [0.2, 0.25) is 5.91 Å². The van der Waals surface area contributed by atoms with Crippen molar-refractivity contribution in [1.29, 1.82) is 0 Å². The monoisotopic (exact) mass is 449 g/mol. The van der Waals surface area contributed by atoms with Crippen molar-refractivity contribution in [3.05, 3.63) is 69.8 Å². The van der Waals surface area contributed by atoms with Crippen molar-refractivity contribution in [2.24, 2.45) is 0 Å². The first-order chi connectivity index (χ1) is 15.3. The number of carbonyl (C=O) groups excluding carboxylic acids is 1. The molecule has 0 saturated carbocycles. The number of nitrogens with zero attached hydrogens (tertiary/aromatic N) is 2. The maximum atomic E-state index is 12.5. The van der Waals surface area contributed by atoms with Crippen molar-refractivity contribution >= 4 is 17.7 Å². The van der Waals surface area contributed by atoms with Gasteiger partial charge in [-0.3, -0.25) is 14.9 Å². The Morgan fingerprint density at radius 1 is 1.25 bits per heavy atom. The fourth-order valence-corrected chi connectivity index (χ4v) is 2.96. The number of nitro benzene ring substituents is 1. The van der Waals surface area contributed by atoms with Crippen LogP contribution < -0.4 is 14.8 Å². The van der Waals surface area contributed by atoms with Crippen LogP contribution in [0.15, 0.2) is 48.5 Å². The molecule has 8 nitrogen and oxygen atoms in total. The summed E-state index contributed by atoms with van der Waals surface area (Å²) in [6.07, 6.45) is 3.09. The molecule has 1 amide bonds. The first-order valence-corrected chi connectivity index (χ1v) is 9.79. The Bertz CT molecular complexity index is 939. The average Bonchev–Trinajstić information content (AvgIpc) is 2.75. The van der Waals surface area contributed by atoms with Crippen LogP contribution in [-0.4, -0.2) is 49.6 Å². The van der Waals surface area contributed by atoms with Crippen LogP contribution in [0.5, 0.6) is 11.5 Å². The molecule has 2 aromatic carbocycles. The van der Waals surface area contributed by atoms with Gasteiger partial charge in [-0.15, -0.1) is 0 Å². The number of ether oxygens (including phenoxy) is 2. The maximum Gasteiger partial charge on any atom is 0.387 e. The summed E-state index contributed by atoms with van der Waals surface area (Å²) in [5.41, 5.74) is 0.725. The van der Waals surface area contributed by atoms with Crippen molar-refractivity contribution in [3.8, 4) is 11.5 Å². The Morgan fingerprint density at radius 2 is 1.97 bits per heavy atom. The van der Waals surface area contributed by atoms with E-state index in [-0.39, 0.29) is 11.3 Å². The van der Waals surface area contributed by atoms with Crippen molar-refractivity contribution in [3.63, 3.8) is 0 Å². The number of rotatable bonds is 12. The lowest BCUT2D eigenvalue weighted by molar-refractivity contribution is -0.385. The molecule has 2 rings (SSSR count). The molecule has 0 heterocycles. The Kier molecular flexibility index (Phi) is 9.55. The molecule has 0 aliphatic carbocycles. The maximum absolute atomic E-state index is 12.5. The summed E-state index contributed by atoms with van der Waals surface area (Å²) in [6.45, 7) is -1.17. The fourth-order valence-electron chi connectivity index (χ4n) is 2.96. The van der Waals surface area contributed by atoms with Gasteiger partial charge in [-0.25, -0.2) is 0 Å². The number of hydrogen-bond donors (Lipinski definition) is 1. The second-order valence-electron chi connectivity index (χ2n) is 6.90. The van der Waals surface area contributed by atoms with Crippen LogP contribution in [0.25, 0.3) is 6.08 Å². The number of hydrogen-bond acceptors (Lipinski definition) is 6. The molecule has 0 saturated heterocycles. The normalized spacial score (nSPS) is 11.2. The van der Waals surface area contributed by atoms with Gasteiger partial charge in [0.1, 0.15) is 0 Å². The zero-order valence-corrected chi connectivity index (χ0v) is 17.8. The van der Waals surface area contributed by atoms with Gasteiger partial charge in [0.05, 0.1) is 23.7 Å². The van der Waals surface area contributed by atoms with E-state index in [4.69, 9.17) is 4.74 Å². The molecule has 172 valence electrons. The number of halogens is 2. The van der Waals surface area contributed by atoms with Crippen molar-refractivity contribution in [2.75, 3.05) is 27.2 Å². The first kappa shape index (κ1) is 24.7. The van der Waals surface area contributed by atoms with E-state index >= 15 is 0 Å². The molecule has 1 N–H and O–H groups in total. The van der Waals surface area contributed by atoms with E-state index in [1.807, 2.05) is 37.4 Å². The summed E-state index contributed by atoms with van der Waals surface area (Å²) in [7, 11) is 3.21. The lowest BCUT2D eigenvalue weighted by Crippen LogP contribution is -2.26. The van der Waals surface area contributed by atoms with Gasteiger partial charge >= 0.3 is 6.61 Å². The summed E-state index contributed by atoms with van der Waals surface area (Å²) in [4.78, 5) is 24.7. The fraction of sp³-hybridized carbons (Fsp3) is 0.318. The predicted molar refractivity (Wildman–Crippen MR) is 116 cm³/mol. The van der Waals surface area contributed by atoms with Gasteiger partial charge < -0.3 is 19.7 Å². The Morgan fingerprint density at radius 3 is 2.59 bits per heavy atom. The van der Waals surface area contributed by atoms with E-state index in [0.717, 1.165) is 37.7 Å². The topological polar surface area (TPSA) is 93.9 Å². The number of alkyl halides is 2. The molecule has 0 aliphatic rings.